The summed E-state index contributed by atoms with van der Waals surface area (Å²) in [6.07, 6.45) is 16.1. The molecule has 5 nitrogen and oxygen atoms in total. The molecule has 0 bridgehead atoms. The van der Waals surface area contributed by atoms with Gasteiger partial charge >= 0.3 is 13.6 Å². The SMILES string of the molecule is CCOP(=O)(OCC)/C(F)=C/CCCCCCCCCCCCCCC(=O)OCc1ccccc1. The van der Waals surface area contributed by atoms with Gasteiger partial charge in [-0.1, -0.05) is 94.5 Å². The summed E-state index contributed by atoms with van der Waals surface area (Å²) < 4.78 is 41.7. The third-order valence-corrected chi connectivity index (χ3v) is 7.65. The molecule has 0 N–H and O–H groups in total. The average molecular weight is 513 g/mol. The number of allylic oxidation sites excluding steroid dienone is 1. The fourth-order valence-electron chi connectivity index (χ4n) is 3.83. The molecule has 0 amide bonds. The third kappa shape index (κ3) is 16.0. The minimum atomic E-state index is -3.74. The van der Waals surface area contributed by atoms with Crippen LogP contribution >= 0.6 is 7.60 Å². The summed E-state index contributed by atoms with van der Waals surface area (Å²) in [5.74, 6) is -0.106. The lowest BCUT2D eigenvalue weighted by Gasteiger charge is -2.14. The van der Waals surface area contributed by atoms with Gasteiger partial charge in [0, 0.05) is 6.42 Å². The molecule has 0 fully saturated rings. The van der Waals surface area contributed by atoms with Crippen LogP contribution in [0.5, 0.6) is 0 Å². The summed E-state index contributed by atoms with van der Waals surface area (Å²) in [7, 11) is -3.74. The van der Waals surface area contributed by atoms with Gasteiger partial charge in [-0.15, -0.1) is 0 Å². The summed E-state index contributed by atoms with van der Waals surface area (Å²) in [6.45, 7) is 4.03. The van der Waals surface area contributed by atoms with E-state index in [4.69, 9.17) is 13.8 Å². The van der Waals surface area contributed by atoms with Crippen molar-refractivity contribution in [2.75, 3.05) is 13.2 Å². The number of unbranched alkanes of at least 4 members (excludes halogenated alkanes) is 12. The second-order valence-corrected chi connectivity index (χ2v) is 10.7. The van der Waals surface area contributed by atoms with Gasteiger partial charge in [-0.2, -0.15) is 4.39 Å². The summed E-state index contributed by atoms with van der Waals surface area (Å²) in [6, 6.07) is 9.77. The zero-order chi connectivity index (χ0) is 25.6. The molecule has 35 heavy (non-hydrogen) atoms. The van der Waals surface area contributed by atoms with E-state index < -0.39 is 13.2 Å². The van der Waals surface area contributed by atoms with E-state index in [0.717, 1.165) is 37.7 Å². The average Bonchev–Trinajstić information content (AvgIpc) is 2.85. The molecule has 0 saturated heterocycles. The lowest BCUT2D eigenvalue weighted by atomic mass is 10.0. The Morgan fingerprint density at radius 2 is 1.29 bits per heavy atom. The molecule has 1 aromatic rings. The van der Waals surface area contributed by atoms with Crippen molar-refractivity contribution in [2.45, 2.75) is 110 Å². The Hall–Kier alpha value is -1.49. The first-order valence-electron chi connectivity index (χ1n) is 13.5. The van der Waals surface area contributed by atoms with Crippen molar-refractivity contribution >= 4 is 13.6 Å². The van der Waals surface area contributed by atoms with Crippen LogP contribution in [0.1, 0.15) is 109 Å². The maximum absolute atomic E-state index is 14.1. The van der Waals surface area contributed by atoms with E-state index in [0.29, 0.717) is 19.4 Å². The largest absolute Gasteiger partial charge is 0.461 e. The van der Waals surface area contributed by atoms with Crippen LogP contribution in [0.15, 0.2) is 42.0 Å². The van der Waals surface area contributed by atoms with Crippen molar-refractivity contribution in [3.8, 4) is 0 Å². The van der Waals surface area contributed by atoms with Gasteiger partial charge < -0.3 is 13.8 Å². The number of carbonyl (C=O) groups excluding carboxylic acids is 1. The Bertz CT molecular complexity index is 728. The molecule has 0 aromatic heterocycles. The molecular weight excluding hydrogens is 466 g/mol. The zero-order valence-corrected chi connectivity index (χ0v) is 22.7. The third-order valence-electron chi connectivity index (χ3n) is 5.75. The molecule has 7 heteroatoms. The quantitative estimate of drug-likeness (QED) is 0.0880. The van der Waals surface area contributed by atoms with E-state index in [1.807, 2.05) is 30.3 Å². The van der Waals surface area contributed by atoms with Gasteiger partial charge in [0.05, 0.1) is 13.2 Å². The van der Waals surface area contributed by atoms with E-state index in [1.54, 1.807) is 13.8 Å². The summed E-state index contributed by atoms with van der Waals surface area (Å²) in [4.78, 5) is 11.8. The van der Waals surface area contributed by atoms with Crippen molar-refractivity contribution in [1.82, 2.24) is 0 Å². The molecular formula is C28H46FO5P. The van der Waals surface area contributed by atoms with Gasteiger partial charge in [0.25, 0.3) is 0 Å². The molecule has 0 atom stereocenters. The van der Waals surface area contributed by atoms with Gasteiger partial charge in [0.1, 0.15) is 6.61 Å². The molecule has 0 heterocycles. The highest BCUT2D eigenvalue weighted by atomic mass is 31.2. The highest BCUT2D eigenvalue weighted by molar-refractivity contribution is 7.58. The number of halogens is 1. The fraction of sp³-hybridized carbons (Fsp3) is 0.679. The van der Waals surface area contributed by atoms with E-state index in [1.165, 1.54) is 51.0 Å². The van der Waals surface area contributed by atoms with E-state index >= 15 is 0 Å². The molecule has 0 aliphatic carbocycles. The molecule has 0 unspecified atom stereocenters. The standard InChI is InChI=1S/C28H46FO5P/c1-3-33-35(31,34-4-2)27(29)23-19-14-12-10-8-6-5-7-9-11-13-15-20-24-28(30)32-25-26-21-17-16-18-22-26/h16-18,21-23H,3-15,19-20,24-25H2,1-2H3/b27-23+. The fourth-order valence-corrected chi connectivity index (χ4v) is 5.18. The maximum Gasteiger partial charge on any atom is 0.389 e. The minimum absolute atomic E-state index is 0.106. The number of rotatable bonds is 22. The first-order valence-corrected chi connectivity index (χ1v) is 15.0. The Kier molecular flexibility index (Phi) is 18.6. The van der Waals surface area contributed by atoms with E-state index in [-0.39, 0.29) is 19.2 Å². The highest BCUT2D eigenvalue weighted by Crippen LogP contribution is 2.56. The zero-order valence-electron chi connectivity index (χ0n) is 21.9. The molecule has 200 valence electrons. The number of benzene rings is 1. The van der Waals surface area contributed by atoms with Crippen LogP contribution in [0.4, 0.5) is 4.39 Å². The van der Waals surface area contributed by atoms with Gasteiger partial charge in [0.15, 0.2) is 0 Å². The highest BCUT2D eigenvalue weighted by Gasteiger charge is 2.29. The smallest absolute Gasteiger partial charge is 0.389 e. The summed E-state index contributed by atoms with van der Waals surface area (Å²) in [5.41, 5.74) is 0.265. The molecule has 0 aliphatic rings. The second-order valence-electron chi connectivity index (χ2n) is 8.79. The Morgan fingerprint density at radius 1 is 0.800 bits per heavy atom. The lowest BCUT2D eigenvalue weighted by molar-refractivity contribution is -0.145. The van der Waals surface area contributed by atoms with Crippen LogP contribution in [-0.2, 0) is 29.8 Å². The lowest BCUT2D eigenvalue weighted by Crippen LogP contribution is -2.04. The van der Waals surface area contributed by atoms with Crippen LogP contribution in [0.3, 0.4) is 0 Å². The van der Waals surface area contributed by atoms with Crippen molar-refractivity contribution < 1.29 is 27.5 Å². The summed E-state index contributed by atoms with van der Waals surface area (Å²) >= 11 is 0. The van der Waals surface area contributed by atoms with E-state index in [9.17, 15) is 13.8 Å². The normalized spacial score (nSPS) is 12.1. The van der Waals surface area contributed by atoms with Crippen molar-refractivity contribution in [3.63, 3.8) is 0 Å². The van der Waals surface area contributed by atoms with Gasteiger partial charge in [0.2, 0.25) is 5.57 Å². The van der Waals surface area contributed by atoms with E-state index in [2.05, 4.69) is 0 Å². The van der Waals surface area contributed by atoms with Crippen LogP contribution < -0.4 is 0 Å². The van der Waals surface area contributed by atoms with Crippen LogP contribution in [0, 0.1) is 0 Å². The summed E-state index contributed by atoms with van der Waals surface area (Å²) in [5, 5.41) is 0. The topological polar surface area (TPSA) is 61.8 Å². The molecule has 0 spiro atoms. The first kappa shape index (κ1) is 31.5. The van der Waals surface area contributed by atoms with Gasteiger partial charge in [-0.05, 0) is 44.7 Å². The second kappa shape index (κ2) is 20.7. The molecule has 0 radical (unpaired) electrons. The van der Waals surface area contributed by atoms with Gasteiger partial charge in [-0.3, -0.25) is 9.36 Å². The Balaban J connectivity index is 1.89. The van der Waals surface area contributed by atoms with Crippen molar-refractivity contribution in [3.05, 3.63) is 47.5 Å². The van der Waals surface area contributed by atoms with Gasteiger partial charge in [-0.25, -0.2) is 0 Å². The monoisotopic (exact) mass is 512 g/mol. The number of hydrogen-bond acceptors (Lipinski definition) is 5. The molecule has 0 aliphatic heterocycles. The van der Waals surface area contributed by atoms with Crippen LogP contribution in [0.2, 0.25) is 0 Å². The number of esters is 1. The Labute approximate surface area is 212 Å². The van der Waals surface area contributed by atoms with Crippen LogP contribution in [-0.4, -0.2) is 19.2 Å². The number of carbonyl (C=O) groups is 1. The predicted molar refractivity (Wildman–Crippen MR) is 141 cm³/mol. The minimum Gasteiger partial charge on any atom is -0.461 e. The van der Waals surface area contributed by atoms with Crippen molar-refractivity contribution in [2.24, 2.45) is 0 Å². The predicted octanol–water partition coefficient (Wildman–Crippen LogP) is 9.27. The van der Waals surface area contributed by atoms with Crippen LogP contribution in [0.25, 0.3) is 0 Å². The Morgan fingerprint density at radius 3 is 1.80 bits per heavy atom. The number of hydrogen-bond donors (Lipinski definition) is 0. The molecule has 1 rings (SSSR count). The number of ether oxygens (including phenoxy) is 1. The molecule has 1 aromatic carbocycles. The maximum atomic E-state index is 14.1. The molecule has 0 saturated carbocycles. The van der Waals surface area contributed by atoms with Crippen molar-refractivity contribution in [1.29, 1.82) is 0 Å². The first-order chi connectivity index (χ1) is 17.0.